The number of unbranched alkanes of at least 4 members (excludes halogenated alkanes) is 1. The molecule has 1 aromatic carbocycles. The highest BCUT2D eigenvalue weighted by Gasteiger charge is 2.25. The number of anilines is 1. The van der Waals surface area contributed by atoms with E-state index in [1.807, 2.05) is 43.3 Å². The monoisotopic (exact) mass is 436 g/mol. The lowest BCUT2D eigenvalue weighted by atomic mass is 10.1. The number of sulfonamides is 1. The number of nitrogens with zero attached hydrogens (tertiary/aromatic N) is 5. The third-order valence-electron chi connectivity index (χ3n) is 4.99. The van der Waals surface area contributed by atoms with Crippen LogP contribution in [0.15, 0.2) is 72.0 Å². The molecule has 8 nitrogen and oxygen atoms in total. The largest absolute Gasteiger partial charge is 0.366 e. The second-order valence-corrected chi connectivity index (χ2v) is 9.22. The number of hydrogen-bond donors (Lipinski definition) is 1. The molecule has 3 aromatic heterocycles. The van der Waals surface area contributed by atoms with Crippen LogP contribution in [0, 0.1) is 0 Å². The molecule has 0 saturated carbocycles. The van der Waals surface area contributed by atoms with Crippen LogP contribution in [0.4, 0.5) is 5.95 Å². The summed E-state index contributed by atoms with van der Waals surface area (Å²) in [6, 6.07) is 14.9. The molecule has 0 bridgehead atoms. The Labute approximate surface area is 181 Å². The Hall–Kier alpha value is -3.30. The molecule has 0 aliphatic rings. The maximum absolute atomic E-state index is 13.5. The standard InChI is InChI=1S/C22H24N6O2S/c1-2-3-11-27(15-17-7-5-4-6-8-17)31(29,30)20-12-19(13-24-14-20)18-9-10-21-25-22(23)26-28(21)16-18/h4-10,12-14,16H,2-3,11,15H2,1H3,(H2,23,26). The van der Waals surface area contributed by atoms with Crippen molar-refractivity contribution in [3.8, 4) is 11.1 Å². The van der Waals surface area contributed by atoms with Gasteiger partial charge in [-0.25, -0.2) is 12.9 Å². The quantitative estimate of drug-likeness (QED) is 0.454. The predicted octanol–water partition coefficient (Wildman–Crippen LogP) is 3.36. The first-order valence-electron chi connectivity index (χ1n) is 10.1. The molecular weight excluding hydrogens is 412 g/mol. The Morgan fingerprint density at radius 2 is 1.87 bits per heavy atom. The van der Waals surface area contributed by atoms with Crippen LogP contribution in [0.3, 0.4) is 0 Å². The number of pyridine rings is 2. The van der Waals surface area contributed by atoms with Crippen molar-refractivity contribution in [2.75, 3.05) is 12.3 Å². The van der Waals surface area contributed by atoms with Crippen molar-refractivity contribution < 1.29 is 8.42 Å². The van der Waals surface area contributed by atoms with Crippen LogP contribution in [0.2, 0.25) is 0 Å². The second-order valence-electron chi connectivity index (χ2n) is 7.28. The molecule has 0 radical (unpaired) electrons. The van der Waals surface area contributed by atoms with Gasteiger partial charge in [-0.05, 0) is 30.2 Å². The molecule has 2 N–H and O–H groups in total. The first kappa shape index (κ1) is 21.0. The van der Waals surface area contributed by atoms with E-state index >= 15 is 0 Å². The lowest BCUT2D eigenvalue weighted by molar-refractivity contribution is 0.398. The maximum Gasteiger partial charge on any atom is 0.244 e. The van der Waals surface area contributed by atoms with E-state index in [9.17, 15) is 8.42 Å². The number of rotatable bonds is 8. The van der Waals surface area contributed by atoms with Crippen molar-refractivity contribution in [3.63, 3.8) is 0 Å². The molecule has 9 heteroatoms. The van der Waals surface area contributed by atoms with Crippen LogP contribution in [0.1, 0.15) is 25.3 Å². The molecule has 31 heavy (non-hydrogen) atoms. The molecule has 3 heterocycles. The Kier molecular flexibility index (Phi) is 5.97. The Morgan fingerprint density at radius 1 is 1.06 bits per heavy atom. The highest BCUT2D eigenvalue weighted by Crippen LogP contribution is 2.25. The minimum Gasteiger partial charge on any atom is -0.366 e. The van der Waals surface area contributed by atoms with Crippen molar-refractivity contribution in [1.82, 2.24) is 23.9 Å². The topological polar surface area (TPSA) is 106 Å². The molecule has 0 amide bonds. The van der Waals surface area contributed by atoms with E-state index in [2.05, 4.69) is 15.1 Å². The van der Waals surface area contributed by atoms with Crippen LogP contribution in [-0.2, 0) is 16.6 Å². The van der Waals surface area contributed by atoms with Gasteiger partial charge < -0.3 is 5.73 Å². The van der Waals surface area contributed by atoms with Gasteiger partial charge in [-0.2, -0.15) is 9.29 Å². The van der Waals surface area contributed by atoms with Crippen molar-refractivity contribution >= 4 is 21.6 Å². The van der Waals surface area contributed by atoms with E-state index in [-0.39, 0.29) is 10.8 Å². The summed E-state index contributed by atoms with van der Waals surface area (Å²) >= 11 is 0. The van der Waals surface area contributed by atoms with Crippen LogP contribution >= 0.6 is 0 Å². The van der Waals surface area contributed by atoms with Crippen molar-refractivity contribution in [1.29, 1.82) is 0 Å². The number of nitrogen functional groups attached to an aromatic ring is 1. The summed E-state index contributed by atoms with van der Waals surface area (Å²) in [6.07, 6.45) is 6.47. The number of hydrogen-bond acceptors (Lipinski definition) is 6. The van der Waals surface area contributed by atoms with Crippen molar-refractivity contribution in [2.45, 2.75) is 31.2 Å². The van der Waals surface area contributed by atoms with Gasteiger partial charge in [-0.3, -0.25) is 4.98 Å². The predicted molar refractivity (Wildman–Crippen MR) is 120 cm³/mol. The molecule has 160 valence electrons. The summed E-state index contributed by atoms with van der Waals surface area (Å²) in [5.74, 6) is 0.180. The molecule has 0 spiro atoms. The molecule has 0 aliphatic heterocycles. The van der Waals surface area contributed by atoms with Gasteiger partial charge in [-0.15, -0.1) is 5.10 Å². The first-order chi connectivity index (χ1) is 15.0. The number of aromatic nitrogens is 4. The highest BCUT2D eigenvalue weighted by molar-refractivity contribution is 7.89. The number of fused-ring (bicyclic) bond motifs is 1. The minimum absolute atomic E-state index is 0.162. The minimum atomic E-state index is -3.72. The lowest BCUT2D eigenvalue weighted by Gasteiger charge is -2.22. The number of nitrogens with two attached hydrogens (primary N) is 1. The molecule has 4 aromatic rings. The molecule has 0 saturated heterocycles. The van der Waals surface area contributed by atoms with Crippen LogP contribution in [-0.4, -0.2) is 38.8 Å². The van der Waals surface area contributed by atoms with Gasteiger partial charge in [0.05, 0.1) is 0 Å². The van der Waals surface area contributed by atoms with Crippen LogP contribution in [0.25, 0.3) is 16.8 Å². The fourth-order valence-corrected chi connectivity index (χ4v) is 4.80. The Morgan fingerprint density at radius 3 is 2.65 bits per heavy atom. The summed E-state index contributed by atoms with van der Waals surface area (Å²) in [7, 11) is -3.72. The van der Waals surface area contributed by atoms with Gasteiger partial charge in [0.15, 0.2) is 5.65 Å². The maximum atomic E-state index is 13.5. The molecule has 0 unspecified atom stereocenters. The van der Waals surface area contributed by atoms with E-state index < -0.39 is 10.0 Å². The smallest absolute Gasteiger partial charge is 0.244 e. The highest BCUT2D eigenvalue weighted by atomic mass is 32.2. The molecule has 0 aliphatic carbocycles. The third-order valence-corrected chi connectivity index (χ3v) is 6.80. The van der Waals surface area contributed by atoms with E-state index in [0.717, 1.165) is 24.0 Å². The molecular formula is C22H24N6O2S. The fraction of sp³-hybridized carbons (Fsp3) is 0.227. The molecule has 0 fully saturated rings. The fourth-order valence-electron chi connectivity index (χ4n) is 3.34. The zero-order valence-electron chi connectivity index (χ0n) is 17.2. The van der Waals surface area contributed by atoms with E-state index in [1.165, 1.54) is 10.5 Å². The van der Waals surface area contributed by atoms with Crippen molar-refractivity contribution in [2.24, 2.45) is 0 Å². The molecule has 0 atom stereocenters. The van der Waals surface area contributed by atoms with Gasteiger partial charge in [-0.1, -0.05) is 43.7 Å². The van der Waals surface area contributed by atoms with E-state index in [0.29, 0.717) is 24.3 Å². The average molecular weight is 437 g/mol. The third kappa shape index (κ3) is 4.57. The van der Waals surface area contributed by atoms with Gasteiger partial charge in [0.25, 0.3) is 0 Å². The van der Waals surface area contributed by atoms with Gasteiger partial charge in [0, 0.05) is 42.8 Å². The average Bonchev–Trinajstić information content (AvgIpc) is 3.16. The molecule has 4 rings (SSSR count). The van der Waals surface area contributed by atoms with Crippen molar-refractivity contribution in [3.05, 3.63) is 72.7 Å². The van der Waals surface area contributed by atoms with Crippen LogP contribution in [0.5, 0.6) is 0 Å². The summed E-state index contributed by atoms with van der Waals surface area (Å²) in [5.41, 5.74) is 8.66. The Balaban J connectivity index is 1.68. The zero-order chi connectivity index (χ0) is 21.8. The Bertz CT molecular complexity index is 1290. The first-order valence-corrected chi connectivity index (χ1v) is 11.5. The van der Waals surface area contributed by atoms with E-state index in [1.54, 1.807) is 29.0 Å². The zero-order valence-corrected chi connectivity index (χ0v) is 18.0. The number of benzene rings is 1. The van der Waals surface area contributed by atoms with E-state index in [4.69, 9.17) is 5.73 Å². The van der Waals surface area contributed by atoms with Crippen LogP contribution < -0.4 is 5.73 Å². The van der Waals surface area contributed by atoms with Gasteiger partial charge >= 0.3 is 0 Å². The summed E-state index contributed by atoms with van der Waals surface area (Å²) in [4.78, 5) is 8.48. The lowest BCUT2D eigenvalue weighted by Crippen LogP contribution is -2.31. The SMILES string of the molecule is CCCCN(Cc1ccccc1)S(=O)(=O)c1cncc(-c2ccc3nc(N)nn3c2)c1. The van der Waals surface area contributed by atoms with Gasteiger partial charge in [0.2, 0.25) is 16.0 Å². The normalized spacial score (nSPS) is 11.9. The summed E-state index contributed by atoms with van der Waals surface area (Å²) in [6.45, 7) is 2.81. The summed E-state index contributed by atoms with van der Waals surface area (Å²) < 4.78 is 30.1. The van der Waals surface area contributed by atoms with Gasteiger partial charge in [0.1, 0.15) is 4.90 Å². The second kappa shape index (κ2) is 8.83. The summed E-state index contributed by atoms with van der Waals surface area (Å²) in [5, 5.41) is 4.12.